The lowest BCUT2D eigenvalue weighted by Gasteiger charge is -2.48. The van der Waals surface area contributed by atoms with Crippen molar-refractivity contribution in [2.45, 2.75) is 30.5 Å². The molecule has 0 saturated carbocycles. The van der Waals surface area contributed by atoms with Crippen LogP contribution in [-0.4, -0.2) is 51.3 Å². The Kier molecular flexibility index (Phi) is 6.39. The fourth-order valence-electron chi connectivity index (χ4n) is 5.72. The number of benzene rings is 1. The molecule has 4 aromatic rings. The van der Waals surface area contributed by atoms with Crippen molar-refractivity contribution >= 4 is 27.1 Å². The van der Waals surface area contributed by atoms with Crippen LogP contribution in [0.4, 0.5) is 17.6 Å². The lowest BCUT2D eigenvalue weighted by atomic mass is 9.60. The number of carbonyl (C=O) groups is 1. The molecule has 14 heteroatoms. The zero-order chi connectivity index (χ0) is 28.3. The van der Waals surface area contributed by atoms with Crippen molar-refractivity contribution in [1.29, 1.82) is 0 Å². The number of thiazole rings is 1. The predicted octanol–water partition coefficient (Wildman–Crippen LogP) is 4.56. The average Bonchev–Trinajstić information content (AvgIpc) is 3.61. The number of hydrogen-bond acceptors (Lipinski definition) is 7. The molecule has 0 spiro atoms. The number of sulfonamides is 1. The molecular formula is C26H21F4N5O3S2. The minimum atomic E-state index is -4.81. The Hall–Kier alpha value is -3.49. The van der Waals surface area contributed by atoms with E-state index in [1.165, 1.54) is 29.0 Å². The summed E-state index contributed by atoms with van der Waals surface area (Å²) >= 11 is 1.24. The molecule has 2 atom stereocenters. The fourth-order valence-corrected chi connectivity index (χ4v) is 7.73. The van der Waals surface area contributed by atoms with Gasteiger partial charge in [-0.15, -0.1) is 11.3 Å². The zero-order valence-electron chi connectivity index (χ0n) is 20.7. The molecule has 3 aromatic heterocycles. The first-order valence-corrected chi connectivity index (χ1v) is 14.7. The van der Waals surface area contributed by atoms with Gasteiger partial charge in [-0.2, -0.15) is 22.6 Å². The molecule has 0 unspecified atom stereocenters. The van der Waals surface area contributed by atoms with E-state index in [-0.39, 0.29) is 49.1 Å². The van der Waals surface area contributed by atoms with Crippen molar-refractivity contribution in [1.82, 2.24) is 24.1 Å². The minimum absolute atomic E-state index is 0.00294. The minimum Gasteiger partial charge on any atom is -0.292 e. The summed E-state index contributed by atoms with van der Waals surface area (Å²) < 4.78 is 83.3. The third kappa shape index (κ3) is 4.43. The van der Waals surface area contributed by atoms with E-state index in [1.807, 2.05) is 0 Å². The van der Waals surface area contributed by atoms with E-state index in [9.17, 15) is 30.8 Å². The number of fused-ring (bicyclic) bond motifs is 2. The van der Waals surface area contributed by atoms with Crippen LogP contribution in [0.1, 0.15) is 33.9 Å². The van der Waals surface area contributed by atoms with E-state index >= 15 is 0 Å². The Morgan fingerprint density at radius 2 is 1.90 bits per heavy atom. The number of halogens is 4. The third-order valence-electron chi connectivity index (χ3n) is 7.67. The highest BCUT2D eigenvalue weighted by atomic mass is 32.2. The molecule has 1 aliphatic heterocycles. The van der Waals surface area contributed by atoms with Crippen molar-refractivity contribution in [3.63, 3.8) is 0 Å². The van der Waals surface area contributed by atoms with E-state index in [1.54, 1.807) is 28.4 Å². The van der Waals surface area contributed by atoms with Gasteiger partial charge in [-0.25, -0.2) is 27.5 Å². The molecule has 0 radical (unpaired) electrons. The van der Waals surface area contributed by atoms with Gasteiger partial charge in [0.2, 0.25) is 0 Å². The van der Waals surface area contributed by atoms with E-state index in [0.29, 0.717) is 18.2 Å². The van der Waals surface area contributed by atoms with Crippen LogP contribution >= 0.6 is 11.3 Å². The molecule has 0 bridgehead atoms. The van der Waals surface area contributed by atoms with Crippen molar-refractivity contribution < 1.29 is 30.8 Å². The molecule has 1 fully saturated rings. The van der Waals surface area contributed by atoms with E-state index in [0.717, 1.165) is 27.7 Å². The van der Waals surface area contributed by atoms with Crippen LogP contribution in [0.5, 0.6) is 0 Å². The van der Waals surface area contributed by atoms with Crippen LogP contribution in [0.2, 0.25) is 0 Å². The number of ketones is 1. The van der Waals surface area contributed by atoms with Gasteiger partial charge in [0.15, 0.2) is 10.8 Å². The number of nitrogens with zero attached hydrogens (tertiary/aromatic N) is 5. The molecule has 1 saturated heterocycles. The lowest BCUT2D eigenvalue weighted by Crippen LogP contribution is -2.57. The highest BCUT2D eigenvalue weighted by Crippen LogP contribution is 2.48. The molecule has 1 aliphatic carbocycles. The molecule has 208 valence electrons. The highest BCUT2D eigenvalue weighted by molar-refractivity contribution is 7.89. The number of alkyl halides is 3. The van der Waals surface area contributed by atoms with Crippen molar-refractivity contribution in [3.8, 4) is 5.69 Å². The van der Waals surface area contributed by atoms with Crippen molar-refractivity contribution in [2.24, 2.45) is 11.3 Å². The van der Waals surface area contributed by atoms with E-state index in [2.05, 4.69) is 15.1 Å². The highest BCUT2D eigenvalue weighted by Gasteiger charge is 2.55. The maximum Gasteiger partial charge on any atom is 0.433 e. The number of carbonyl (C=O) groups excluding carboxylic acids is 1. The molecule has 40 heavy (non-hydrogen) atoms. The second-order valence-corrected chi connectivity index (χ2v) is 12.5. The zero-order valence-corrected chi connectivity index (χ0v) is 22.3. The van der Waals surface area contributed by atoms with Gasteiger partial charge in [-0.1, -0.05) is 6.07 Å². The summed E-state index contributed by atoms with van der Waals surface area (Å²) in [6.07, 6.45) is -2.36. The summed E-state index contributed by atoms with van der Waals surface area (Å²) in [6.45, 7) is -0.244. The average molecular weight is 592 g/mol. The Balaban J connectivity index is 1.40. The third-order valence-corrected chi connectivity index (χ3v) is 10.0. The Bertz CT molecular complexity index is 1690. The molecule has 0 amide bonds. The molecule has 0 N–H and O–H groups in total. The SMILES string of the molecule is O=C(c1cscn1)[C@]12Cc3cnn(-c4ccc(F)cc4)c3C[C@@H]1CCN(S(=O)(=O)c1cccc(C(F)(F)F)n1)C2. The topological polar surface area (TPSA) is 98.0 Å². The first-order chi connectivity index (χ1) is 19.0. The largest absolute Gasteiger partial charge is 0.433 e. The lowest BCUT2D eigenvalue weighted by molar-refractivity contribution is -0.141. The Morgan fingerprint density at radius 1 is 1.12 bits per heavy atom. The number of aromatic nitrogens is 4. The number of hydrogen-bond donors (Lipinski definition) is 0. The fraction of sp³-hybridized carbons (Fsp3) is 0.308. The van der Waals surface area contributed by atoms with E-state index in [4.69, 9.17) is 0 Å². The number of pyridine rings is 1. The monoisotopic (exact) mass is 591 g/mol. The van der Waals surface area contributed by atoms with Crippen LogP contribution in [-0.2, 0) is 29.0 Å². The molecule has 8 nitrogen and oxygen atoms in total. The van der Waals surface area contributed by atoms with Crippen LogP contribution in [0, 0.1) is 17.2 Å². The van der Waals surface area contributed by atoms with Gasteiger partial charge in [0, 0.05) is 24.2 Å². The summed E-state index contributed by atoms with van der Waals surface area (Å²) in [5.41, 5.74) is 1.42. The van der Waals surface area contributed by atoms with Crippen LogP contribution in [0.25, 0.3) is 5.69 Å². The second-order valence-electron chi connectivity index (χ2n) is 9.93. The van der Waals surface area contributed by atoms with E-state index < -0.39 is 32.3 Å². The number of piperidine rings is 1. The summed E-state index contributed by atoms with van der Waals surface area (Å²) in [5.74, 6) is -1.01. The van der Waals surface area contributed by atoms with Gasteiger partial charge in [-0.05, 0) is 67.1 Å². The maximum absolute atomic E-state index is 14.0. The maximum atomic E-state index is 14.0. The predicted molar refractivity (Wildman–Crippen MR) is 136 cm³/mol. The quantitative estimate of drug-likeness (QED) is 0.249. The molecular weight excluding hydrogens is 570 g/mol. The molecule has 4 heterocycles. The summed E-state index contributed by atoms with van der Waals surface area (Å²) in [6, 6.07) is 8.59. The van der Waals surface area contributed by atoms with Gasteiger partial charge in [0.25, 0.3) is 10.0 Å². The first-order valence-electron chi connectivity index (χ1n) is 12.3. The van der Waals surface area contributed by atoms with Crippen LogP contribution < -0.4 is 0 Å². The molecule has 6 rings (SSSR count). The molecule has 2 aliphatic rings. The smallest absolute Gasteiger partial charge is 0.292 e. The number of Topliss-reactive ketones (excluding diaryl/α,β-unsaturated/α-hetero) is 1. The van der Waals surface area contributed by atoms with Gasteiger partial charge in [0.05, 0.1) is 22.8 Å². The summed E-state index contributed by atoms with van der Waals surface area (Å²) in [4.78, 5) is 21.6. The van der Waals surface area contributed by atoms with Crippen LogP contribution in [0.15, 0.2) is 64.6 Å². The normalized spacial score (nSPS) is 21.6. The summed E-state index contributed by atoms with van der Waals surface area (Å²) in [5, 5.41) is 5.36. The van der Waals surface area contributed by atoms with Gasteiger partial charge in [-0.3, -0.25) is 4.79 Å². The Morgan fingerprint density at radius 3 is 2.60 bits per heavy atom. The van der Waals surface area contributed by atoms with Crippen LogP contribution in [0.3, 0.4) is 0 Å². The van der Waals surface area contributed by atoms with Gasteiger partial charge >= 0.3 is 6.18 Å². The standard InChI is InChI=1S/C26H21F4N5O3S2/c27-18-4-6-19(7-5-18)35-21-10-17-8-9-34(40(37,38)23-3-1-2-22(33-23)26(28,29)30)14-25(17,11-16(21)12-32-35)24(36)20-13-39-15-31-20/h1-7,12-13,15,17H,8-11,14H2/t17-,25-/m0/s1. The van der Waals surface area contributed by atoms with Crippen molar-refractivity contribution in [2.75, 3.05) is 13.1 Å². The number of rotatable bonds is 5. The van der Waals surface area contributed by atoms with Gasteiger partial charge in [0.1, 0.15) is 17.2 Å². The summed E-state index contributed by atoms with van der Waals surface area (Å²) in [7, 11) is -4.46. The first kappa shape index (κ1) is 26.7. The second kappa shape index (κ2) is 9.56. The molecule has 1 aromatic carbocycles. The Labute approximate surface area is 230 Å². The van der Waals surface area contributed by atoms with Crippen molar-refractivity contribution in [3.05, 3.63) is 88.0 Å². The van der Waals surface area contributed by atoms with Gasteiger partial charge < -0.3 is 0 Å².